The maximum atomic E-state index is 5.75. The predicted octanol–water partition coefficient (Wildman–Crippen LogP) is 4.07. The molecule has 0 aromatic carbocycles. The lowest BCUT2D eigenvalue weighted by molar-refractivity contribution is 0.197. The van der Waals surface area contributed by atoms with Crippen molar-refractivity contribution in [2.75, 3.05) is 13.2 Å². The molecule has 1 atom stereocenters. The van der Waals surface area contributed by atoms with Crippen molar-refractivity contribution in [3.05, 3.63) is 24.0 Å². The van der Waals surface area contributed by atoms with E-state index in [2.05, 4.69) is 64.8 Å². The average molecular weight is 292 g/mol. The van der Waals surface area contributed by atoms with Crippen LogP contribution in [0.25, 0.3) is 0 Å². The predicted molar refractivity (Wildman–Crippen MR) is 89.8 cm³/mol. The summed E-state index contributed by atoms with van der Waals surface area (Å²) in [5, 5.41) is 3.54. The van der Waals surface area contributed by atoms with Crippen molar-refractivity contribution in [2.24, 2.45) is 11.3 Å². The minimum Gasteiger partial charge on any atom is -0.491 e. The SMILES string of the molecule is C[C@H](CNC(C)(C)C)Cc1ccc(OCC(C)(C)C)cn1. The second-order valence-electron chi connectivity index (χ2n) is 8.27. The van der Waals surface area contributed by atoms with E-state index in [4.69, 9.17) is 4.74 Å². The Balaban J connectivity index is 2.43. The number of hydrogen-bond donors (Lipinski definition) is 1. The first kappa shape index (κ1) is 18.0. The summed E-state index contributed by atoms with van der Waals surface area (Å²) in [5.74, 6) is 1.42. The Morgan fingerprint density at radius 3 is 2.29 bits per heavy atom. The van der Waals surface area contributed by atoms with Crippen molar-refractivity contribution in [2.45, 2.75) is 60.4 Å². The lowest BCUT2D eigenvalue weighted by Gasteiger charge is -2.23. The molecule has 0 unspecified atom stereocenters. The van der Waals surface area contributed by atoms with Gasteiger partial charge in [-0.3, -0.25) is 4.98 Å². The first-order chi connectivity index (χ1) is 9.55. The summed E-state index contributed by atoms with van der Waals surface area (Å²) in [4.78, 5) is 4.51. The van der Waals surface area contributed by atoms with Crippen LogP contribution in [0.5, 0.6) is 5.75 Å². The molecular weight excluding hydrogens is 260 g/mol. The van der Waals surface area contributed by atoms with Crippen molar-refractivity contribution in [1.82, 2.24) is 10.3 Å². The number of nitrogens with zero attached hydrogens (tertiary/aromatic N) is 1. The maximum Gasteiger partial charge on any atom is 0.137 e. The summed E-state index contributed by atoms with van der Waals surface area (Å²) < 4.78 is 5.75. The average Bonchev–Trinajstić information content (AvgIpc) is 2.34. The van der Waals surface area contributed by atoms with Gasteiger partial charge in [-0.25, -0.2) is 0 Å². The molecule has 0 radical (unpaired) electrons. The Morgan fingerprint density at radius 2 is 1.81 bits per heavy atom. The number of nitrogens with one attached hydrogen (secondary N) is 1. The van der Waals surface area contributed by atoms with E-state index < -0.39 is 0 Å². The Morgan fingerprint density at radius 1 is 1.14 bits per heavy atom. The maximum absolute atomic E-state index is 5.75. The van der Waals surface area contributed by atoms with Gasteiger partial charge in [0.05, 0.1) is 12.8 Å². The highest BCUT2D eigenvalue weighted by Gasteiger charge is 2.13. The third-order valence-electron chi connectivity index (χ3n) is 3.01. The Labute approximate surface area is 130 Å². The fourth-order valence-corrected chi connectivity index (χ4v) is 1.83. The number of rotatable bonds is 6. The zero-order valence-corrected chi connectivity index (χ0v) is 14.8. The molecule has 0 saturated carbocycles. The van der Waals surface area contributed by atoms with E-state index in [0.29, 0.717) is 12.5 Å². The van der Waals surface area contributed by atoms with Gasteiger partial charge in [0.25, 0.3) is 0 Å². The zero-order valence-electron chi connectivity index (χ0n) is 14.8. The molecule has 0 fully saturated rings. The molecule has 3 heteroatoms. The molecule has 1 heterocycles. The van der Waals surface area contributed by atoms with E-state index in [1.54, 1.807) is 0 Å². The highest BCUT2D eigenvalue weighted by Crippen LogP contribution is 2.17. The highest BCUT2D eigenvalue weighted by atomic mass is 16.5. The summed E-state index contributed by atoms with van der Waals surface area (Å²) in [6, 6.07) is 4.10. The second kappa shape index (κ2) is 7.26. The first-order valence-electron chi connectivity index (χ1n) is 7.88. The van der Waals surface area contributed by atoms with Crippen LogP contribution < -0.4 is 10.1 Å². The molecule has 1 aromatic rings. The Bertz CT molecular complexity index is 412. The molecule has 1 rings (SSSR count). The minimum atomic E-state index is 0.172. The molecule has 1 N–H and O–H groups in total. The number of pyridine rings is 1. The van der Waals surface area contributed by atoms with E-state index >= 15 is 0 Å². The lowest BCUT2D eigenvalue weighted by atomic mass is 9.99. The first-order valence-corrected chi connectivity index (χ1v) is 7.88. The molecular formula is C18H32N2O. The van der Waals surface area contributed by atoms with Gasteiger partial charge in [0.1, 0.15) is 5.75 Å². The summed E-state index contributed by atoms with van der Waals surface area (Å²) in [6.45, 7) is 17.0. The van der Waals surface area contributed by atoms with Gasteiger partial charge in [0.15, 0.2) is 0 Å². The van der Waals surface area contributed by atoms with E-state index in [9.17, 15) is 0 Å². The molecule has 0 aliphatic carbocycles. The number of ether oxygens (including phenoxy) is 1. The lowest BCUT2D eigenvalue weighted by Crippen LogP contribution is -2.39. The van der Waals surface area contributed by atoms with Gasteiger partial charge in [0.2, 0.25) is 0 Å². The standard InChI is InChI=1S/C18H32N2O/c1-14(11-20-18(5,6)7)10-15-8-9-16(12-19-15)21-13-17(2,3)4/h8-9,12,14,20H,10-11,13H2,1-7H3/t14-/m0/s1. The largest absolute Gasteiger partial charge is 0.491 e. The normalized spacial score (nSPS) is 14.0. The third kappa shape index (κ3) is 8.71. The second-order valence-corrected chi connectivity index (χ2v) is 8.27. The van der Waals surface area contributed by atoms with Gasteiger partial charge in [-0.2, -0.15) is 0 Å². The van der Waals surface area contributed by atoms with Crippen LogP contribution in [0.15, 0.2) is 18.3 Å². The van der Waals surface area contributed by atoms with Gasteiger partial charge in [0, 0.05) is 11.2 Å². The van der Waals surface area contributed by atoms with Crippen LogP contribution >= 0.6 is 0 Å². The summed E-state index contributed by atoms with van der Waals surface area (Å²) in [5.41, 5.74) is 1.47. The minimum absolute atomic E-state index is 0.172. The fourth-order valence-electron chi connectivity index (χ4n) is 1.83. The van der Waals surface area contributed by atoms with Crippen LogP contribution in [-0.4, -0.2) is 23.7 Å². The van der Waals surface area contributed by atoms with Crippen molar-refractivity contribution >= 4 is 0 Å². The summed E-state index contributed by atoms with van der Waals surface area (Å²) in [7, 11) is 0. The van der Waals surface area contributed by atoms with E-state index in [-0.39, 0.29) is 11.0 Å². The van der Waals surface area contributed by atoms with E-state index in [1.165, 1.54) is 0 Å². The molecule has 1 aromatic heterocycles. The van der Waals surface area contributed by atoms with Gasteiger partial charge >= 0.3 is 0 Å². The van der Waals surface area contributed by atoms with Crippen LogP contribution in [0.2, 0.25) is 0 Å². The topological polar surface area (TPSA) is 34.1 Å². The van der Waals surface area contributed by atoms with Crippen LogP contribution in [0.4, 0.5) is 0 Å². The number of hydrogen-bond acceptors (Lipinski definition) is 3. The van der Waals surface area contributed by atoms with Gasteiger partial charge < -0.3 is 10.1 Å². The molecule has 3 nitrogen and oxygen atoms in total. The van der Waals surface area contributed by atoms with Crippen molar-refractivity contribution in [3.63, 3.8) is 0 Å². The fraction of sp³-hybridized carbons (Fsp3) is 0.722. The Kier molecular flexibility index (Phi) is 6.21. The van der Waals surface area contributed by atoms with Crippen LogP contribution in [0.1, 0.15) is 54.2 Å². The molecule has 0 aliphatic heterocycles. The molecule has 21 heavy (non-hydrogen) atoms. The molecule has 120 valence electrons. The zero-order chi connectivity index (χ0) is 16.1. The Hall–Kier alpha value is -1.09. The van der Waals surface area contributed by atoms with Crippen LogP contribution in [0.3, 0.4) is 0 Å². The highest BCUT2D eigenvalue weighted by molar-refractivity contribution is 5.20. The van der Waals surface area contributed by atoms with E-state index in [1.807, 2.05) is 12.3 Å². The summed E-state index contributed by atoms with van der Waals surface area (Å²) in [6.07, 6.45) is 2.83. The smallest absolute Gasteiger partial charge is 0.137 e. The quantitative estimate of drug-likeness (QED) is 0.858. The molecule has 0 aliphatic rings. The van der Waals surface area contributed by atoms with E-state index in [0.717, 1.165) is 24.4 Å². The van der Waals surface area contributed by atoms with Crippen LogP contribution in [0, 0.1) is 11.3 Å². The van der Waals surface area contributed by atoms with Crippen molar-refractivity contribution in [3.8, 4) is 5.75 Å². The van der Waals surface area contributed by atoms with Gasteiger partial charge in [-0.1, -0.05) is 27.7 Å². The molecule has 0 saturated heterocycles. The van der Waals surface area contributed by atoms with Crippen molar-refractivity contribution in [1.29, 1.82) is 0 Å². The summed E-state index contributed by atoms with van der Waals surface area (Å²) >= 11 is 0. The van der Waals surface area contributed by atoms with Gasteiger partial charge in [-0.15, -0.1) is 0 Å². The monoisotopic (exact) mass is 292 g/mol. The van der Waals surface area contributed by atoms with Crippen LogP contribution in [-0.2, 0) is 6.42 Å². The molecule has 0 spiro atoms. The molecule has 0 bridgehead atoms. The van der Waals surface area contributed by atoms with Crippen molar-refractivity contribution < 1.29 is 4.74 Å². The van der Waals surface area contributed by atoms with Gasteiger partial charge in [-0.05, 0) is 57.2 Å². The third-order valence-corrected chi connectivity index (χ3v) is 3.01. The molecule has 0 amide bonds. The number of aromatic nitrogens is 1.